The summed E-state index contributed by atoms with van der Waals surface area (Å²) in [6, 6.07) is 0.351. The normalized spacial score (nSPS) is 29.5. The van der Waals surface area contributed by atoms with Crippen LogP contribution in [0.4, 0.5) is 0 Å². The van der Waals surface area contributed by atoms with E-state index in [9.17, 15) is 8.42 Å². The third-order valence-electron chi connectivity index (χ3n) is 5.96. The minimum atomic E-state index is -2.84. The minimum absolute atomic E-state index is 0. The summed E-state index contributed by atoms with van der Waals surface area (Å²) in [6.07, 6.45) is 4.19. The summed E-state index contributed by atoms with van der Waals surface area (Å²) in [7, 11) is -2.84. The van der Waals surface area contributed by atoms with E-state index < -0.39 is 9.84 Å². The van der Waals surface area contributed by atoms with Gasteiger partial charge in [0, 0.05) is 31.2 Å². The molecule has 6 nitrogen and oxygen atoms in total. The van der Waals surface area contributed by atoms with Gasteiger partial charge in [0.15, 0.2) is 15.8 Å². The van der Waals surface area contributed by atoms with Crippen molar-refractivity contribution in [2.45, 2.75) is 65.5 Å². The Bertz CT molecular complexity index is 564. The molecule has 0 aromatic heterocycles. The molecule has 2 fully saturated rings. The second kappa shape index (κ2) is 10.5. The minimum Gasteiger partial charge on any atom is -0.378 e. The van der Waals surface area contributed by atoms with Crippen LogP contribution in [0.15, 0.2) is 4.99 Å². The fourth-order valence-corrected chi connectivity index (χ4v) is 6.15. The van der Waals surface area contributed by atoms with E-state index in [2.05, 4.69) is 36.4 Å². The van der Waals surface area contributed by atoms with Crippen molar-refractivity contribution in [3.8, 4) is 0 Å². The average Bonchev–Trinajstić information content (AvgIpc) is 2.92. The Morgan fingerprint density at radius 2 is 1.92 bits per heavy atom. The highest BCUT2D eigenvalue weighted by molar-refractivity contribution is 14.0. The summed E-state index contributed by atoms with van der Waals surface area (Å²) in [5.41, 5.74) is 0.156. The zero-order chi connectivity index (χ0) is 18.5. The molecule has 1 saturated heterocycles. The summed E-state index contributed by atoms with van der Waals surface area (Å²) < 4.78 is 29.2. The van der Waals surface area contributed by atoms with Crippen LogP contribution < -0.4 is 10.6 Å². The third kappa shape index (κ3) is 5.47. The van der Waals surface area contributed by atoms with Gasteiger partial charge in [-0.15, -0.1) is 24.0 Å². The van der Waals surface area contributed by atoms with Crippen molar-refractivity contribution in [1.29, 1.82) is 0 Å². The quantitative estimate of drug-likeness (QED) is 0.304. The van der Waals surface area contributed by atoms with E-state index in [-0.39, 0.29) is 41.1 Å². The van der Waals surface area contributed by atoms with Crippen LogP contribution >= 0.6 is 24.0 Å². The zero-order valence-electron chi connectivity index (χ0n) is 16.6. The van der Waals surface area contributed by atoms with Gasteiger partial charge in [0.1, 0.15) is 0 Å². The molecule has 2 rings (SSSR count). The molecular weight excluding hydrogens is 465 g/mol. The Balaban J connectivity index is 0.00000338. The van der Waals surface area contributed by atoms with Gasteiger partial charge in [0.2, 0.25) is 0 Å². The first-order valence-electron chi connectivity index (χ1n) is 9.77. The van der Waals surface area contributed by atoms with Crippen molar-refractivity contribution in [3.05, 3.63) is 0 Å². The topological polar surface area (TPSA) is 79.8 Å². The third-order valence-corrected chi connectivity index (χ3v) is 7.80. The summed E-state index contributed by atoms with van der Waals surface area (Å²) in [5, 5.41) is 6.90. The van der Waals surface area contributed by atoms with Crippen molar-refractivity contribution in [1.82, 2.24) is 10.6 Å². The first-order chi connectivity index (χ1) is 11.9. The van der Waals surface area contributed by atoms with Crippen LogP contribution in [0.5, 0.6) is 0 Å². The molecule has 2 aliphatic rings. The number of aliphatic imine (C=N–C) groups is 1. The molecule has 0 amide bonds. The van der Waals surface area contributed by atoms with Gasteiger partial charge in [-0.05, 0) is 45.4 Å². The molecule has 0 bridgehead atoms. The molecule has 0 aromatic rings. The lowest BCUT2D eigenvalue weighted by Gasteiger charge is -2.55. The Hall–Kier alpha value is -0.0900. The van der Waals surface area contributed by atoms with Gasteiger partial charge in [-0.3, -0.25) is 4.99 Å². The average molecular weight is 501 g/mol. The molecule has 1 heterocycles. The molecule has 1 saturated carbocycles. The van der Waals surface area contributed by atoms with E-state index in [0.717, 1.165) is 44.8 Å². The first-order valence-corrected chi connectivity index (χ1v) is 11.6. The molecule has 2 N–H and O–H groups in total. The lowest BCUT2D eigenvalue weighted by Crippen LogP contribution is -2.65. The second-order valence-corrected chi connectivity index (χ2v) is 9.53. The number of sulfone groups is 1. The number of halogens is 1. The highest BCUT2D eigenvalue weighted by Gasteiger charge is 2.53. The van der Waals surface area contributed by atoms with Gasteiger partial charge >= 0.3 is 0 Å². The van der Waals surface area contributed by atoms with Crippen molar-refractivity contribution < 1.29 is 13.2 Å². The zero-order valence-corrected chi connectivity index (χ0v) is 19.7. The summed E-state index contributed by atoms with van der Waals surface area (Å²) in [5.74, 6) is 1.54. The number of nitrogens with one attached hydrogen (secondary N) is 2. The molecular formula is C18H36IN3O3S. The first kappa shape index (κ1) is 23.9. The predicted molar refractivity (Wildman–Crippen MR) is 118 cm³/mol. The van der Waals surface area contributed by atoms with Crippen molar-refractivity contribution in [3.63, 3.8) is 0 Å². The van der Waals surface area contributed by atoms with Crippen LogP contribution in [-0.4, -0.2) is 57.7 Å². The van der Waals surface area contributed by atoms with Crippen molar-refractivity contribution in [2.24, 2.45) is 16.3 Å². The van der Waals surface area contributed by atoms with Gasteiger partial charge in [0.05, 0.1) is 17.6 Å². The summed E-state index contributed by atoms with van der Waals surface area (Å²) >= 11 is 0. The van der Waals surface area contributed by atoms with Crippen LogP contribution in [-0.2, 0) is 14.6 Å². The summed E-state index contributed by atoms with van der Waals surface area (Å²) in [6.45, 7) is 10.7. The SMILES string of the molecule is CCNC(=NCC1CCS(=O)(=O)C1)NC1CC(OCC)C1(CC)CC.I. The molecule has 0 aromatic carbocycles. The maximum atomic E-state index is 11.6. The monoisotopic (exact) mass is 501 g/mol. The van der Waals surface area contributed by atoms with Gasteiger partial charge in [-0.25, -0.2) is 8.42 Å². The number of rotatable bonds is 8. The highest BCUT2D eigenvalue weighted by atomic mass is 127. The molecule has 8 heteroatoms. The van der Waals surface area contributed by atoms with E-state index >= 15 is 0 Å². The molecule has 0 spiro atoms. The molecule has 3 unspecified atom stereocenters. The van der Waals surface area contributed by atoms with E-state index in [4.69, 9.17) is 4.74 Å². The Morgan fingerprint density at radius 1 is 1.23 bits per heavy atom. The number of hydrogen-bond donors (Lipinski definition) is 2. The second-order valence-electron chi connectivity index (χ2n) is 7.31. The van der Waals surface area contributed by atoms with Gasteiger partial charge in [0.25, 0.3) is 0 Å². The van der Waals surface area contributed by atoms with Crippen LogP contribution in [0.1, 0.15) is 53.4 Å². The number of nitrogens with zero attached hydrogens (tertiary/aromatic N) is 1. The highest BCUT2D eigenvalue weighted by Crippen LogP contribution is 2.48. The maximum absolute atomic E-state index is 11.6. The predicted octanol–water partition coefficient (Wildman–Crippen LogP) is 2.58. The molecule has 1 aliphatic carbocycles. The molecule has 3 atom stereocenters. The Labute approximate surface area is 176 Å². The fraction of sp³-hybridized carbons (Fsp3) is 0.944. The van der Waals surface area contributed by atoms with Crippen LogP contribution in [0.2, 0.25) is 0 Å². The lowest BCUT2D eigenvalue weighted by atomic mass is 9.58. The molecule has 1 aliphatic heterocycles. The molecule has 0 radical (unpaired) electrons. The van der Waals surface area contributed by atoms with Gasteiger partial charge < -0.3 is 15.4 Å². The molecule has 154 valence electrons. The van der Waals surface area contributed by atoms with Crippen molar-refractivity contribution >= 4 is 39.8 Å². The maximum Gasteiger partial charge on any atom is 0.191 e. The summed E-state index contributed by atoms with van der Waals surface area (Å²) in [4.78, 5) is 4.68. The van der Waals surface area contributed by atoms with Crippen LogP contribution in [0, 0.1) is 11.3 Å². The van der Waals surface area contributed by atoms with E-state index in [1.54, 1.807) is 0 Å². The van der Waals surface area contributed by atoms with Crippen molar-refractivity contribution in [2.75, 3.05) is 31.2 Å². The molecule has 26 heavy (non-hydrogen) atoms. The van der Waals surface area contributed by atoms with E-state index in [1.807, 2.05) is 6.92 Å². The Morgan fingerprint density at radius 3 is 2.42 bits per heavy atom. The van der Waals surface area contributed by atoms with E-state index in [1.165, 1.54) is 0 Å². The number of ether oxygens (including phenoxy) is 1. The fourth-order valence-electron chi connectivity index (χ4n) is 4.30. The Kier molecular flexibility index (Phi) is 9.63. The van der Waals surface area contributed by atoms with Crippen LogP contribution in [0.3, 0.4) is 0 Å². The van der Waals surface area contributed by atoms with Gasteiger partial charge in [-0.2, -0.15) is 0 Å². The largest absolute Gasteiger partial charge is 0.378 e. The van der Waals surface area contributed by atoms with Gasteiger partial charge in [-0.1, -0.05) is 13.8 Å². The number of hydrogen-bond acceptors (Lipinski definition) is 4. The lowest BCUT2D eigenvalue weighted by molar-refractivity contribution is -0.133. The standard InChI is InChI=1S/C18H35N3O3S.HI/c1-5-18(6-2)15(11-16(18)24-8-4)21-17(19-7-3)20-12-14-9-10-25(22,23)13-14;/h14-16H,5-13H2,1-4H3,(H2,19,20,21);1H. The van der Waals surface area contributed by atoms with Crippen LogP contribution in [0.25, 0.3) is 0 Å². The number of guanidine groups is 1. The van der Waals surface area contributed by atoms with E-state index in [0.29, 0.717) is 24.4 Å². The smallest absolute Gasteiger partial charge is 0.191 e.